The molecular formula is C15H34O4Si3. The van der Waals surface area contributed by atoms with Gasteiger partial charge in [-0.05, 0) is 59.0 Å². The Morgan fingerprint density at radius 3 is 1.91 bits per heavy atom. The molecule has 0 N–H and O–H groups in total. The van der Waals surface area contributed by atoms with Gasteiger partial charge in [-0.15, -0.1) is 0 Å². The fourth-order valence-electron chi connectivity index (χ4n) is 2.93. The second kappa shape index (κ2) is 8.05. The first-order chi connectivity index (χ1) is 9.82. The van der Waals surface area contributed by atoms with Crippen LogP contribution in [0.2, 0.25) is 39.3 Å². The lowest BCUT2D eigenvalue weighted by molar-refractivity contribution is -0.149. The van der Waals surface area contributed by atoms with Gasteiger partial charge in [0.05, 0.1) is 0 Å². The van der Waals surface area contributed by atoms with Gasteiger partial charge in [0.25, 0.3) is 0 Å². The monoisotopic (exact) mass is 362 g/mol. The molecular weight excluding hydrogens is 328 g/mol. The summed E-state index contributed by atoms with van der Waals surface area (Å²) in [5, 5.41) is -0.546. The average Bonchev–Trinajstić information content (AvgIpc) is 2.31. The van der Waals surface area contributed by atoms with Crippen LogP contribution in [-0.2, 0) is 17.8 Å². The molecule has 0 saturated carbocycles. The minimum Gasteiger partial charge on any atom is -0.457 e. The molecule has 130 valence electrons. The van der Waals surface area contributed by atoms with Gasteiger partial charge in [-0.25, -0.2) is 4.79 Å². The zero-order valence-corrected chi connectivity index (χ0v) is 19.0. The molecule has 0 heterocycles. The Morgan fingerprint density at radius 1 is 1.14 bits per heavy atom. The van der Waals surface area contributed by atoms with Crippen LogP contribution in [0.1, 0.15) is 33.6 Å². The lowest BCUT2D eigenvalue weighted by Gasteiger charge is -2.46. The summed E-state index contributed by atoms with van der Waals surface area (Å²) in [6, 6.07) is 0. The molecule has 0 aliphatic heterocycles. The zero-order valence-electron chi connectivity index (χ0n) is 15.8. The molecule has 0 bridgehead atoms. The van der Waals surface area contributed by atoms with Crippen molar-refractivity contribution in [3.63, 3.8) is 0 Å². The minimum atomic E-state index is -2.32. The SMILES string of the molecule is C=C(C)C(=O)OC(CC)(CC)[Si](C)(C)O[Si](C)(C)O[SiH](C)C. The molecule has 0 aromatic rings. The molecule has 22 heavy (non-hydrogen) atoms. The van der Waals surface area contributed by atoms with E-state index in [1.807, 2.05) is 0 Å². The van der Waals surface area contributed by atoms with Gasteiger partial charge in [0.1, 0.15) is 5.22 Å². The lowest BCUT2D eigenvalue weighted by Crippen LogP contribution is -2.63. The van der Waals surface area contributed by atoms with Gasteiger partial charge in [-0.3, -0.25) is 0 Å². The van der Waals surface area contributed by atoms with Gasteiger partial charge in [0.15, 0.2) is 9.04 Å². The number of hydrogen-bond acceptors (Lipinski definition) is 4. The standard InChI is InChI=1S/C15H34O4Si3/c1-11-15(12-2,17-14(16)13(3)4)21(7,8)19-22(9,10)18-20(5)6/h20H,3,11-12H2,1-2,4-10H3. The third-order valence-corrected chi connectivity index (χ3v) is 15.1. The Balaban J connectivity index is 5.44. The summed E-state index contributed by atoms with van der Waals surface area (Å²) >= 11 is 0. The Morgan fingerprint density at radius 2 is 1.59 bits per heavy atom. The number of hydrogen-bond donors (Lipinski definition) is 0. The van der Waals surface area contributed by atoms with E-state index < -0.39 is 31.1 Å². The summed E-state index contributed by atoms with van der Waals surface area (Å²) in [5.41, 5.74) is 0.429. The Labute approximate surface area is 140 Å². The van der Waals surface area contributed by atoms with Crippen molar-refractivity contribution in [3.05, 3.63) is 12.2 Å². The van der Waals surface area contributed by atoms with Crippen LogP contribution in [0.4, 0.5) is 0 Å². The molecule has 0 spiro atoms. The Kier molecular flexibility index (Phi) is 7.97. The number of rotatable bonds is 9. The summed E-state index contributed by atoms with van der Waals surface area (Å²) in [6.07, 6.45) is 1.48. The largest absolute Gasteiger partial charge is 0.457 e. The zero-order chi connectivity index (χ0) is 17.8. The van der Waals surface area contributed by atoms with Gasteiger partial charge in [-0.1, -0.05) is 20.4 Å². The summed E-state index contributed by atoms with van der Waals surface area (Å²) in [6.45, 7) is 22.2. The van der Waals surface area contributed by atoms with Crippen molar-refractivity contribution in [3.8, 4) is 0 Å². The van der Waals surface area contributed by atoms with Crippen molar-refractivity contribution < 1.29 is 17.8 Å². The summed E-state index contributed by atoms with van der Waals surface area (Å²) in [7, 11) is -5.70. The summed E-state index contributed by atoms with van der Waals surface area (Å²) < 4.78 is 18.6. The molecule has 0 rings (SSSR count). The highest BCUT2D eigenvalue weighted by atomic mass is 28.5. The van der Waals surface area contributed by atoms with E-state index in [9.17, 15) is 4.79 Å². The first-order valence-corrected chi connectivity index (χ1v) is 16.6. The predicted octanol–water partition coefficient (Wildman–Crippen LogP) is 4.13. The van der Waals surface area contributed by atoms with E-state index in [2.05, 4.69) is 59.7 Å². The number of carbonyl (C=O) groups is 1. The second-order valence-electron chi connectivity index (χ2n) is 7.05. The smallest absolute Gasteiger partial charge is 0.333 e. The minimum absolute atomic E-state index is 0.327. The van der Waals surface area contributed by atoms with E-state index in [1.54, 1.807) is 6.92 Å². The van der Waals surface area contributed by atoms with Crippen molar-refractivity contribution in [2.45, 2.75) is 78.1 Å². The van der Waals surface area contributed by atoms with E-state index in [0.717, 1.165) is 12.8 Å². The molecule has 0 aliphatic rings. The molecule has 0 saturated heterocycles. The van der Waals surface area contributed by atoms with Crippen LogP contribution in [0.5, 0.6) is 0 Å². The van der Waals surface area contributed by atoms with Crippen LogP contribution >= 0.6 is 0 Å². The molecule has 7 heteroatoms. The van der Waals surface area contributed by atoms with Gasteiger partial charge in [-0.2, -0.15) is 0 Å². The highest BCUT2D eigenvalue weighted by molar-refractivity contribution is 6.86. The van der Waals surface area contributed by atoms with Gasteiger partial charge in [0.2, 0.25) is 8.32 Å². The first kappa shape index (κ1) is 21.8. The second-order valence-corrected chi connectivity index (χ2v) is 17.6. The van der Waals surface area contributed by atoms with E-state index in [-0.39, 0.29) is 5.97 Å². The van der Waals surface area contributed by atoms with Crippen LogP contribution in [-0.4, -0.2) is 37.1 Å². The highest BCUT2D eigenvalue weighted by Gasteiger charge is 2.52. The Hall–Kier alpha value is -0.219. The highest BCUT2D eigenvalue weighted by Crippen LogP contribution is 2.35. The fourth-order valence-corrected chi connectivity index (χ4v) is 15.8. The quantitative estimate of drug-likeness (QED) is 0.351. The van der Waals surface area contributed by atoms with Gasteiger partial charge in [0, 0.05) is 5.57 Å². The van der Waals surface area contributed by atoms with E-state index >= 15 is 0 Å². The van der Waals surface area contributed by atoms with Crippen molar-refractivity contribution in [1.82, 2.24) is 0 Å². The van der Waals surface area contributed by atoms with Crippen LogP contribution < -0.4 is 0 Å². The lowest BCUT2D eigenvalue weighted by atomic mass is 10.2. The number of ether oxygens (including phenoxy) is 1. The van der Waals surface area contributed by atoms with Crippen molar-refractivity contribution in [1.29, 1.82) is 0 Å². The maximum atomic E-state index is 12.1. The average molecular weight is 363 g/mol. The summed E-state index contributed by atoms with van der Waals surface area (Å²) in [4.78, 5) is 12.1. The first-order valence-electron chi connectivity index (χ1n) is 8.09. The van der Waals surface area contributed by atoms with Crippen molar-refractivity contribution in [2.75, 3.05) is 0 Å². The molecule has 4 nitrogen and oxygen atoms in total. The Bertz CT molecular complexity index is 402. The van der Waals surface area contributed by atoms with Crippen LogP contribution in [0.15, 0.2) is 12.2 Å². The third kappa shape index (κ3) is 5.77. The molecule has 0 radical (unpaired) electrons. The maximum absolute atomic E-state index is 12.1. The topological polar surface area (TPSA) is 44.8 Å². The molecule has 0 aromatic carbocycles. The predicted molar refractivity (Wildman–Crippen MR) is 100 cm³/mol. The number of esters is 1. The van der Waals surface area contributed by atoms with E-state index in [0.29, 0.717) is 5.57 Å². The molecule has 0 fully saturated rings. The van der Waals surface area contributed by atoms with Crippen LogP contribution in [0, 0.1) is 0 Å². The normalized spacial score (nSPS) is 13.4. The summed E-state index contributed by atoms with van der Waals surface area (Å²) in [5.74, 6) is -0.327. The molecule has 0 amide bonds. The molecule has 0 aliphatic carbocycles. The molecule has 0 unspecified atom stereocenters. The maximum Gasteiger partial charge on any atom is 0.333 e. The fraction of sp³-hybridized carbons (Fsp3) is 0.800. The van der Waals surface area contributed by atoms with E-state index in [1.165, 1.54) is 0 Å². The van der Waals surface area contributed by atoms with Crippen molar-refractivity contribution >= 4 is 31.9 Å². The van der Waals surface area contributed by atoms with Gasteiger partial charge >= 0.3 is 14.5 Å². The van der Waals surface area contributed by atoms with E-state index in [4.69, 9.17) is 13.0 Å². The van der Waals surface area contributed by atoms with Crippen LogP contribution in [0.3, 0.4) is 0 Å². The van der Waals surface area contributed by atoms with Crippen LogP contribution in [0.25, 0.3) is 0 Å². The third-order valence-electron chi connectivity index (χ3n) is 3.90. The number of carbonyl (C=O) groups excluding carboxylic acids is 1. The van der Waals surface area contributed by atoms with Gasteiger partial charge < -0.3 is 13.0 Å². The molecule has 0 aromatic heterocycles. The van der Waals surface area contributed by atoms with Crippen molar-refractivity contribution in [2.24, 2.45) is 0 Å². The molecule has 0 atom stereocenters.